The van der Waals surface area contributed by atoms with Crippen molar-refractivity contribution in [3.05, 3.63) is 214 Å². The van der Waals surface area contributed by atoms with Gasteiger partial charge in [0.15, 0.2) is 29.2 Å². The third-order valence-electron chi connectivity index (χ3n) is 16.3. The van der Waals surface area contributed by atoms with Crippen LogP contribution in [0.5, 0.6) is 0 Å². The number of aromatic nitrogens is 6. The molecular formula is C68H65N13O8. The van der Waals surface area contributed by atoms with Crippen LogP contribution in [0.25, 0.3) is 44.5 Å². The maximum atomic E-state index is 12.5. The molecule has 3 aliphatic carbocycles. The predicted molar refractivity (Wildman–Crippen MR) is 339 cm³/mol. The molecule has 2 aliphatic heterocycles. The van der Waals surface area contributed by atoms with Gasteiger partial charge in [-0.05, 0) is 114 Å². The SMILES string of the molecule is CC(C)N1C=NC2C(=O)NC(NC(=O)OCC3c4ccccc4-c4ccccc43)=NC21.CC(C)n1ccc(NC(=O)OCC2c3ccccc3-c3ccccc32)nc1=O.CC(C)n1cnc2c(NC(=O)OCC3c4ccccc4-c4ccccc43)ncnc21. The second kappa shape index (κ2) is 25.2. The molecule has 89 heavy (non-hydrogen) atoms. The van der Waals surface area contributed by atoms with Gasteiger partial charge in [0.1, 0.15) is 32.0 Å². The Hall–Kier alpha value is -10.8. The fraction of sp³-hybridized carbons (Fsp3) is 0.250. The van der Waals surface area contributed by atoms with Crippen LogP contribution in [0.2, 0.25) is 0 Å². The summed E-state index contributed by atoms with van der Waals surface area (Å²) in [6.07, 6.45) is 4.06. The van der Waals surface area contributed by atoms with Crippen LogP contribution in [0.1, 0.15) is 105 Å². The highest BCUT2D eigenvalue weighted by molar-refractivity contribution is 6.07. The molecule has 5 aliphatic rings. The fourth-order valence-corrected chi connectivity index (χ4v) is 12.1. The van der Waals surface area contributed by atoms with Gasteiger partial charge < -0.3 is 23.7 Å². The summed E-state index contributed by atoms with van der Waals surface area (Å²) >= 11 is 0. The van der Waals surface area contributed by atoms with Crippen LogP contribution >= 0.6 is 0 Å². The fourth-order valence-electron chi connectivity index (χ4n) is 12.1. The molecule has 450 valence electrons. The molecule has 3 aromatic heterocycles. The van der Waals surface area contributed by atoms with E-state index in [2.05, 4.69) is 124 Å². The number of fused-ring (bicyclic) bond motifs is 11. The summed E-state index contributed by atoms with van der Waals surface area (Å²) in [4.78, 5) is 88.9. The number of amides is 4. The normalized spacial score (nSPS) is 15.7. The zero-order chi connectivity index (χ0) is 61.9. The van der Waals surface area contributed by atoms with Crippen molar-refractivity contribution in [2.45, 2.75) is 89.6 Å². The lowest BCUT2D eigenvalue weighted by Gasteiger charge is -2.31. The van der Waals surface area contributed by atoms with Gasteiger partial charge in [0, 0.05) is 42.1 Å². The average Bonchev–Trinajstić information content (AvgIpc) is 1.79. The number of hydrogen-bond donors (Lipinski definition) is 4. The maximum Gasteiger partial charge on any atom is 0.413 e. The number of aliphatic imine (C=N–C) groups is 2. The molecule has 21 heteroatoms. The largest absolute Gasteiger partial charge is 0.448 e. The van der Waals surface area contributed by atoms with Crippen LogP contribution < -0.4 is 27.0 Å². The Morgan fingerprint density at radius 3 is 1.37 bits per heavy atom. The number of anilines is 2. The summed E-state index contributed by atoms with van der Waals surface area (Å²) in [5.41, 5.74) is 14.8. The van der Waals surface area contributed by atoms with E-state index in [1.165, 1.54) is 44.3 Å². The summed E-state index contributed by atoms with van der Waals surface area (Å²) in [5.74, 6) is 0.266. The number of benzene rings is 6. The Morgan fingerprint density at radius 2 is 0.944 bits per heavy atom. The van der Waals surface area contributed by atoms with Gasteiger partial charge >= 0.3 is 24.0 Å². The number of carbonyl (C=O) groups excluding carboxylic acids is 4. The van der Waals surface area contributed by atoms with Crippen molar-refractivity contribution in [1.82, 2.24) is 44.6 Å². The van der Waals surface area contributed by atoms with Crippen LogP contribution in [0.3, 0.4) is 0 Å². The highest BCUT2D eigenvalue weighted by Crippen LogP contribution is 2.47. The van der Waals surface area contributed by atoms with E-state index in [-0.39, 0.29) is 73.4 Å². The van der Waals surface area contributed by atoms with Gasteiger partial charge in [-0.15, -0.1) is 0 Å². The number of guanidine groups is 1. The number of alkyl carbamates (subject to hydrolysis) is 1. The standard InChI is InChI=1S/C23H23N5O3.C23H21N5O2.C22H21N3O3/c1-13(2)28-12-24-19-20(28)25-22(26-21(19)29)27-23(30)31-11-18-16-9-5-3-7-14(16)15-8-4-6-10-17(15)18;1-14(2)28-13-26-20-21(24-12-25-22(20)28)27-23(29)30-11-19-17-9-5-3-7-15(17)16-8-4-6-10-18(16)19;1-14(2)25-12-11-20(23-21(25)26)24-22(27)28-13-19-17-9-5-3-7-15(17)16-8-4-6-10-18(16)19/h3-10,12-13,18-20H,11H2,1-2H3,(H2,25,26,27,29,30);3-10,12-14,19H,11H2,1-2H3,(H,24,25,27,29);3-12,14,19H,13H2,1-2H3,(H,23,24,26,27). The van der Waals surface area contributed by atoms with E-state index in [1.54, 1.807) is 24.9 Å². The van der Waals surface area contributed by atoms with Crippen LogP contribution in [0.4, 0.5) is 26.0 Å². The van der Waals surface area contributed by atoms with E-state index >= 15 is 0 Å². The molecular weight excluding hydrogens is 1130 g/mol. The number of rotatable bonds is 11. The van der Waals surface area contributed by atoms with E-state index in [9.17, 15) is 24.0 Å². The Balaban J connectivity index is 0.000000130. The molecule has 2 unspecified atom stereocenters. The van der Waals surface area contributed by atoms with Crippen LogP contribution in [-0.4, -0.2) is 109 Å². The summed E-state index contributed by atoms with van der Waals surface area (Å²) in [6, 6.07) is 50.4. The number of nitrogens with zero attached hydrogens (tertiary/aromatic N) is 9. The molecule has 0 fully saturated rings. The van der Waals surface area contributed by atoms with E-state index in [0.717, 1.165) is 33.4 Å². The zero-order valence-corrected chi connectivity index (χ0v) is 49.8. The third-order valence-corrected chi connectivity index (χ3v) is 16.3. The highest BCUT2D eigenvalue weighted by atomic mass is 16.6. The molecule has 6 aromatic carbocycles. The minimum absolute atomic E-state index is 0.00324. The molecule has 0 saturated heterocycles. The Kier molecular flexibility index (Phi) is 16.6. The van der Waals surface area contributed by atoms with Crippen molar-refractivity contribution in [2.24, 2.45) is 9.98 Å². The molecule has 9 aromatic rings. The van der Waals surface area contributed by atoms with Crippen molar-refractivity contribution in [1.29, 1.82) is 0 Å². The van der Waals surface area contributed by atoms with Crippen molar-refractivity contribution in [2.75, 3.05) is 30.5 Å². The van der Waals surface area contributed by atoms with Crippen molar-refractivity contribution >= 4 is 59.3 Å². The Labute approximate surface area is 513 Å². The number of ether oxygens (including phenoxy) is 3. The quantitative estimate of drug-likeness (QED) is 0.0881. The van der Waals surface area contributed by atoms with Crippen molar-refractivity contribution in [3.8, 4) is 33.4 Å². The first-order valence-electron chi connectivity index (χ1n) is 29.5. The van der Waals surface area contributed by atoms with Gasteiger partial charge in [-0.2, -0.15) is 4.98 Å². The van der Waals surface area contributed by atoms with Gasteiger partial charge in [-0.1, -0.05) is 146 Å². The number of imidazole rings is 1. The van der Waals surface area contributed by atoms with Crippen molar-refractivity contribution < 1.29 is 33.4 Å². The van der Waals surface area contributed by atoms with E-state index in [0.29, 0.717) is 17.0 Å². The second-order valence-electron chi connectivity index (χ2n) is 22.7. The molecule has 4 amide bonds. The van der Waals surface area contributed by atoms with Crippen LogP contribution in [0, 0.1) is 0 Å². The summed E-state index contributed by atoms with van der Waals surface area (Å²) in [7, 11) is 0. The lowest BCUT2D eigenvalue weighted by Crippen LogP contribution is -2.56. The molecule has 21 nitrogen and oxygen atoms in total. The first-order valence-corrected chi connectivity index (χ1v) is 29.5. The summed E-state index contributed by atoms with van der Waals surface area (Å²) in [5, 5.41) is 10.4. The lowest BCUT2D eigenvalue weighted by atomic mass is 9.98. The molecule has 2 atom stereocenters. The lowest BCUT2D eigenvalue weighted by molar-refractivity contribution is -0.122. The van der Waals surface area contributed by atoms with Crippen LogP contribution in [0.15, 0.2) is 185 Å². The first-order chi connectivity index (χ1) is 43.2. The van der Waals surface area contributed by atoms with E-state index in [1.807, 2.05) is 124 Å². The third kappa shape index (κ3) is 11.9. The van der Waals surface area contributed by atoms with E-state index in [4.69, 9.17) is 14.2 Å². The Bertz CT molecular complexity index is 4170. The number of carbonyl (C=O) groups is 4. The zero-order valence-electron chi connectivity index (χ0n) is 49.8. The van der Waals surface area contributed by atoms with Gasteiger partial charge in [-0.3, -0.25) is 35.6 Å². The van der Waals surface area contributed by atoms with E-state index < -0.39 is 36.2 Å². The molecule has 5 heterocycles. The number of nitrogens with one attached hydrogen (secondary N) is 4. The Morgan fingerprint density at radius 1 is 0.517 bits per heavy atom. The molecule has 0 radical (unpaired) electrons. The van der Waals surface area contributed by atoms with Gasteiger partial charge in [0.05, 0.1) is 12.7 Å². The molecule has 4 N–H and O–H groups in total. The maximum absolute atomic E-state index is 12.5. The topological polar surface area (TPSA) is 251 Å². The minimum atomic E-state index is -0.658. The van der Waals surface area contributed by atoms with Gasteiger partial charge in [-0.25, -0.2) is 39.1 Å². The summed E-state index contributed by atoms with van der Waals surface area (Å²) < 4.78 is 20.0. The first kappa shape index (κ1) is 58.5. The van der Waals surface area contributed by atoms with Crippen molar-refractivity contribution in [3.63, 3.8) is 0 Å². The second-order valence-corrected chi connectivity index (χ2v) is 22.7. The molecule has 0 saturated carbocycles. The minimum Gasteiger partial charge on any atom is -0.448 e. The molecule has 14 rings (SSSR count). The molecule has 0 spiro atoms. The summed E-state index contributed by atoms with van der Waals surface area (Å²) in [6.45, 7) is 12.5. The molecule has 0 bridgehead atoms. The van der Waals surface area contributed by atoms with Crippen LogP contribution in [-0.2, 0) is 19.0 Å². The van der Waals surface area contributed by atoms with Gasteiger partial charge in [0.25, 0.3) is 5.91 Å². The smallest absolute Gasteiger partial charge is 0.413 e. The average molecular weight is 1190 g/mol. The predicted octanol–water partition coefficient (Wildman–Crippen LogP) is 11.4. The monoisotopic (exact) mass is 1190 g/mol. The van der Waals surface area contributed by atoms with Gasteiger partial charge in [0.2, 0.25) is 5.96 Å². The highest BCUT2D eigenvalue weighted by Gasteiger charge is 2.41. The number of hydrogen-bond acceptors (Lipinski definition) is 15.